The third-order valence-corrected chi connectivity index (χ3v) is 4.86. The van der Waals surface area contributed by atoms with Gasteiger partial charge in [-0.15, -0.1) is 11.8 Å². The van der Waals surface area contributed by atoms with E-state index in [1.165, 1.54) is 18.9 Å². The van der Waals surface area contributed by atoms with Crippen molar-refractivity contribution in [1.29, 1.82) is 0 Å². The van der Waals surface area contributed by atoms with E-state index in [1.807, 2.05) is 32.0 Å². The number of benzene rings is 2. The molecule has 0 aromatic heterocycles. The largest absolute Gasteiger partial charge is 0.495 e. The lowest BCUT2D eigenvalue weighted by Gasteiger charge is -2.11. The van der Waals surface area contributed by atoms with Gasteiger partial charge in [-0.3, -0.25) is 9.59 Å². The fourth-order valence-corrected chi connectivity index (χ4v) is 3.25. The molecule has 26 heavy (non-hydrogen) atoms. The van der Waals surface area contributed by atoms with Crippen LogP contribution in [-0.4, -0.2) is 31.3 Å². The number of anilines is 1. The molecule has 2 aromatic carbocycles. The summed E-state index contributed by atoms with van der Waals surface area (Å²) in [5.74, 6) is -0.308. The Bertz CT molecular complexity index is 810. The summed E-state index contributed by atoms with van der Waals surface area (Å²) in [6.45, 7) is 3.61. The first kappa shape index (κ1) is 20.1. The SMILES string of the molecule is COc1ccc(Cl)cc1NC(=O)COC(=O)CSc1cc(C)ccc1C. The van der Waals surface area contributed by atoms with Crippen molar-refractivity contribution in [2.75, 3.05) is 24.8 Å². The second-order valence-corrected chi connectivity index (χ2v) is 7.06. The predicted octanol–water partition coefficient (Wildman–Crippen LogP) is 4.24. The maximum atomic E-state index is 12.0. The minimum absolute atomic E-state index is 0.137. The fourth-order valence-electron chi connectivity index (χ4n) is 2.15. The van der Waals surface area contributed by atoms with E-state index in [0.29, 0.717) is 16.5 Å². The van der Waals surface area contributed by atoms with Crippen LogP contribution in [0.25, 0.3) is 0 Å². The molecule has 2 aromatic rings. The summed E-state index contributed by atoms with van der Waals surface area (Å²) in [5, 5.41) is 3.08. The molecule has 5 nitrogen and oxygen atoms in total. The van der Waals surface area contributed by atoms with E-state index in [9.17, 15) is 9.59 Å². The number of esters is 1. The number of rotatable bonds is 7. The predicted molar refractivity (Wildman–Crippen MR) is 104 cm³/mol. The van der Waals surface area contributed by atoms with Gasteiger partial charge in [-0.05, 0) is 43.7 Å². The lowest BCUT2D eigenvalue weighted by molar-refractivity contribution is -0.144. The molecule has 0 heterocycles. The van der Waals surface area contributed by atoms with Gasteiger partial charge < -0.3 is 14.8 Å². The van der Waals surface area contributed by atoms with Crippen molar-refractivity contribution in [2.45, 2.75) is 18.7 Å². The Hall–Kier alpha value is -2.18. The van der Waals surface area contributed by atoms with Crippen LogP contribution in [0.15, 0.2) is 41.3 Å². The summed E-state index contributed by atoms with van der Waals surface area (Å²) in [7, 11) is 1.49. The summed E-state index contributed by atoms with van der Waals surface area (Å²) in [6.07, 6.45) is 0. The molecule has 0 saturated heterocycles. The molecule has 0 aliphatic heterocycles. The van der Waals surface area contributed by atoms with Gasteiger partial charge in [-0.1, -0.05) is 29.3 Å². The molecule has 0 fully saturated rings. The van der Waals surface area contributed by atoms with Crippen molar-refractivity contribution in [3.05, 3.63) is 52.5 Å². The quantitative estimate of drug-likeness (QED) is 0.563. The van der Waals surface area contributed by atoms with Gasteiger partial charge in [0.15, 0.2) is 6.61 Å². The Labute approximate surface area is 162 Å². The van der Waals surface area contributed by atoms with E-state index in [-0.39, 0.29) is 12.4 Å². The number of amides is 1. The molecule has 2 rings (SSSR count). The van der Waals surface area contributed by atoms with Crippen LogP contribution in [0.2, 0.25) is 5.02 Å². The highest BCUT2D eigenvalue weighted by molar-refractivity contribution is 8.00. The molecule has 0 radical (unpaired) electrons. The lowest BCUT2D eigenvalue weighted by Crippen LogP contribution is -2.22. The van der Waals surface area contributed by atoms with Crippen LogP contribution >= 0.6 is 23.4 Å². The zero-order valence-corrected chi connectivity index (χ0v) is 16.4. The number of thioether (sulfide) groups is 1. The molecule has 0 bridgehead atoms. The molecule has 0 aliphatic rings. The Kier molecular flexibility index (Phi) is 7.36. The van der Waals surface area contributed by atoms with Gasteiger partial charge in [0.2, 0.25) is 0 Å². The number of hydrogen-bond donors (Lipinski definition) is 1. The number of carbonyl (C=O) groups is 2. The van der Waals surface area contributed by atoms with Crippen molar-refractivity contribution in [2.24, 2.45) is 0 Å². The first-order chi connectivity index (χ1) is 12.4. The van der Waals surface area contributed by atoms with E-state index in [4.69, 9.17) is 21.1 Å². The third-order valence-electron chi connectivity index (χ3n) is 3.49. The van der Waals surface area contributed by atoms with Crippen molar-refractivity contribution in [1.82, 2.24) is 0 Å². The topological polar surface area (TPSA) is 64.6 Å². The van der Waals surface area contributed by atoms with E-state index >= 15 is 0 Å². The smallest absolute Gasteiger partial charge is 0.316 e. The Morgan fingerprint density at radius 2 is 1.92 bits per heavy atom. The lowest BCUT2D eigenvalue weighted by atomic mass is 10.2. The van der Waals surface area contributed by atoms with Crippen LogP contribution in [0.5, 0.6) is 5.75 Å². The number of methoxy groups -OCH3 is 1. The fraction of sp³-hybridized carbons (Fsp3) is 0.263. The maximum Gasteiger partial charge on any atom is 0.316 e. The van der Waals surface area contributed by atoms with Gasteiger partial charge >= 0.3 is 5.97 Å². The normalized spacial score (nSPS) is 10.3. The van der Waals surface area contributed by atoms with Crippen LogP contribution in [0.3, 0.4) is 0 Å². The second kappa shape index (κ2) is 9.50. The molecule has 0 saturated carbocycles. The van der Waals surface area contributed by atoms with Gasteiger partial charge in [0, 0.05) is 9.92 Å². The van der Waals surface area contributed by atoms with E-state index in [2.05, 4.69) is 5.32 Å². The van der Waals surface area contributed by atoms with E-state index in [0.717, 1.165) is 16.0 Å². The van der Waals surface area contributed by atoms with Crippen LogP contribution in [0.1, 0.15) is 11.1 Å². The molecule has 0 spiro atoms. The van der Waals surface area contributed by atoms with Crippen LogP contribution in [0.4, 0.5) is 5.69 Å². The molecule has 1 N–H and O–H groups in total. The van der Waals surface area contributed by atoms with Crippen molar-refractivity contribution < 1.29 is 19.1 Å². The minimum Gasteiger partial charge on any atom is -0.495 e. The van der Waals surface area contributed by atoms with E-state index < -0.39 is 11.9 Å². The van der Waals surface area contributed by atoms with Crippen molar-refractivity contribution in [3.63, 3.8) is 0 Å². The zero-order valence-electron chi connectivity index (χ0n) is 14.8. The van der Waals surface area contributed by atoms with Gasteiger partial charge in [0.1, 0.15) is 5.75 Å². The first-order valence-corrected chi connectivity index (χ1v) is 9.24. The highest BCUT2D eigenvalue weighted by Gasteiger charge is 2.12. The van der Waals surface area contributed by atoms with Crippen LogP contribution < -0.4 is 10.1 Å². The Morgan fingerprint density at radius 3 is 2.65 bits per heavy atom. The molecule has 0 aliphatic carbocycles. The molecule has 1 amide bonds. The Balaban J connectivity index is 1.82. The molecule has 138 valence electrons. The number of ether oxygens (including phenoxy) is 2. The summed E-state index contributed by atoms with van der Waals surface area (Å²) in [4.78, 5) is 24.9. The number of halogens is 1. The van der Waals surface area contributed by atoms with Crippen LogP contribution in [0, 0.1) is 13.8 Å². The average Bonchev–Trinajstić information content (AvgIpc) is 2.61. The molecular weight excluding hydrogens is 374 g/mol. The zero-order chi connectivity index (χ0) is 19.1. The highest BCUT2D eigenvalue weighted by Crippen LogP contribution is 2.27. The standard InChI is InChI=1S/C19H20ClNO4S/c1-12-4-5-13(2)17(8-12)26-11-19(23)25-10-18(22)21-15-9-14(20)6-7-16(15)24-3/h4-9H,10-11H2,1-3H3,(H,21,22). The molecule has 0 atom stereocenters. The molecule has 7 heteroatoms. The number of nitrogens with one attached hydrogen (secondary N) is 1. The van der Waals surface area contributed by atoms with Crippen LogP contribution in [-0.2, 0) is 14.3 Å². The third kappa shape index (κ3) is 5.97. The molecular formula is C19H20ClNO4S. The van der Waals surface area contributed by atoms with Crippen molar-refractivity contribution in [3.8, 4) is 5.75 Å². The van der Waals surface area contributed by atoms with Gasteiger partial charge in [-0.25, -0.2) is 0 Å². The summed E-state index contributed by atoms with van der Waals surface area (Å²) in [6, 6.07) is 10.9. The number of carbonyl (C=O) groups excluding carboxylic acids is 2. The van der Waals surface area contributed by atoms with Gasteiger partial charge in [-0.2, -0.15) is 0 Å². The number of aryl methyl sites for hydroxylation is 2. The van der Waals surface area contributed by atoms with Gasteiger partial charge in [0.05, 0.1) is 18.6 Å². The monoisotopic (exact) mass is 393 g/mol. The minimum atomic E-state index is -0.462. The second-order valence-electron chi connectivity index (χ2n) is 5.61. The first-order valence-electron chi connectivity index (χ1n) is 7.88. The van der Waals surface area contributed by atoms with Crippen molar-refractivity contribution >= 4 is 40.9 Å². The maximum absolute atomic E-state index is 12.0. The van der Waals surface area contributed by atoms with E-state index in [1.54, 1.807) is 18.2 Å². The highest BCUT2D eigenvalue weighted by atomic mass is 35.5. The number of hydrogen-bond acceptors (Lipinski definition) is 5. The Morgan fingerprint density at radius 1 is 1.15 bits per heavy atom. The average molecular weight is 394 g/mol. The summed E-state index contributed by atoms with van der Waals surface area (Å²) in [5.41, 5.74) is 2.64. The molecule has 0 unspecified atom stereocenters. The summed E-state index contributed by atoms with van der Waals surface area (Å²) < 4.78 is 10.2. The summed E-state index contributed by atoms with van der Waals surface area (Å²) >= 11 is 7.30. The van der Waals surface area contributed by atoms with Gasteiger partial charge in [0.25, 0.3) is 5.91 Å².